The number of methoxy groups -OCH3 is 1. The molecule has 0 spiro atoms. The zero-order valence-corrected chi connectivity index (χ0v) is 9.75. The van der Waals surface area contributed by atoms with Gasteiger partial charge in [-0.1, -0.05) is 13.0 Å². The van der Waals surface area contributed by atoms with Crippen molar-refractivity contribution in [3.63, 3.8) is 0 Å². The maximum absolute atomic E-state index is 11.0. The highest BCUT2D eigenvalue weighted by molar-refractivity contribution is 5.87. The molecule has 0 aromatic rings. The Kier molecular flexibility index (Phi) is 7.95. The molecular weight excluding hydrogens is 194 g/mol. The molecule has 88 valence electrons. The van der Waals surface area contributed by atoms with E-state index in [1.807, 2.05) is 0 Å². The summed E-state index contributed by atoms with van der Waals surface area (Å²) in [5.74, 6) is -0.299. The van der Waals surface area contributed by atoms with Gasteiger partial charge in [-0.05, 0) is 19.8 Å². The number of hydrogen-bond donors (Lipinski definition) is 2. The van der Waals surface area contributed by atoms with Crippen LogP contribution in [0.3, 0.4) is 0 Å². The van der Waals surface area contributed by atoms with Gasteiger partial charge in [0.1, 0.15) is 0 Å². The topological polar surface area (TPSA) is 58.6 Å². The van der Waals surface area contributed by atoms with Crippen molar-refractivity contribution < 1.29 is 14.6 Å². The van der Waals surface area contributed by atoms with Crippen LogP contribution >= 0.6 is 0 Å². The van der Waals surface area contributed by atoms with Crippen molar-refractivity contribution in [3.8, 4) is 0 Å². The van der Waals surface area contributed by atoms with Crippen LogP contribution in [0, 0.1) is 0 Å². The molecule has 15 heavy (non-hydrogen) atoms. The maximum atomic E-state index is 11.0. The van der Waals surface area contributed by atoms with Crippen molar-refractivity contribution in [1.29, 1.82) is 0 Å². The first-order valence-electron chi connectivity index (χ1n) is 5.25. The fourth-order valence-corrected chi connectivity index (χ4v) is 1.23. The Morgan fingerprint density at radius 2 is 2.27 bits per heavy atom. The third-order valence-electron chi connectivity index (χ3n) is 2.29. The lowest BCUT2D eigenvalue weighted by Gasteiger charge is -2.14. The Morgan fingerprint density at radius 1 is 1.60 bits per heavy atom. The quantitative estimate of drug-likeness (QED) is 0.488. The van der Waals surface area contributed by atoms with E-state index in [9.17, 15) is 4.79 Å². The molecule has 0 amide bonds. The molecule has 0 heterocycles. The average Bonchev–Trinajstić information content (AvgIpc) is 2.26. The molecule has 4 heteroatoms. The van der Waals surface area contributed by atoms with Crippen LogP contribution in [0.4, 0.5) is 0 Å². The molecule has 4 nitrogen and oxygen atoms in total. The summed E-state index contributed by atoms with van der Waals surface area (Å²) in [6.45, 7) is 4.59. The van der Waals surface area contributed by atoms with Crippen molar-refractivity contribution in [2.75, 3.05) is 20.3 Å². The Labute approximate surface area is 91.3 Å². The van der Waals surface area contributed by atoms with E-state index in [0.29, 0.717) is 18.2 Å². The first-order chi connectivity index (χ1) is 7.15. The van der Waals surface area contributed by atoms with Crippen LogP contribution in [0.15, 0.2) is 11.6 Å². The summed E-state index contributed by atoms with van der Waals surface area (Å²) in [5.41, 5.74) is 0.601. The molecule has 0 aromatic heterocycles. The fourth-order valence-electron chi connectivity index (χ4n) is 1.23. The van der Waals surface area contributed by atoms with Gasteiger partial charge in [0, 0.05) is 24.8 Å². The largest absolute Gasteiger partial charge is 0.466 e. The minimum absolute atomic E-state index is 0.186. The second-order valence-corrected chi connectivity index (χ2v) is 3.40. The second-order valence-electron chi connectivity index (χ2n) is 3.40. The van der Waals surface area contributed by atoms with E-state index in [-0.39, 0.29) is 12.6 Å². The van der Waals surface area contributed by atoms with E-state index in [0.717, 1.165) is 12.8 Å². The van der Waals surface area contributed by atoms with Crippen LogP contribution in [0.2, 0.25) is 0 Å². The van der Waals surface area contributed by atoms with Crippen LogP contribution < -0.4 is 5.32 Å². The van der Waals surface area contributed by atoms with Gasteiger partial charge in [0.15, 0.2) is 0 Å². The third-order valence-corrected chi connectivity index (χ3v) is 2.29. The van der Waals surface area contributed by atoms with E-state index in [2.05, 4.69) is 17.0 Å². The summed E-state index contributed by atoms with van der Waals surface area (Å²) >= 11 is 0. The Morgan fingerprint density at radius 3 is 2.73 bits per heavy atom. The van der Waals surface area contributed by atoms with Crippen LogP contribution in [0.5, 0.6) is 0 Å². The predicted molar refractivity (Wildman–Crippen MR) is 59.6 cm³/mol. The van der Waals surface area contributed by atoms with Gasteiger partial charge in [-0.25, -0.2) is 4.79 Å². The normalized spacial score (nSPS) is 13.7. The van der Waals surface area contributed by atoms with Gasteiger partial charge in [0.05, 0.1) is 7.11 Å². The Hall–Kier alpha value is -0.870. The minimum atomic E-state index is -0.299. The number of rotatable bonds is 7. The summed E-state index contributed by atoms with van der Waals surface area (Å²) in [4.78, 5) is 11.0. The SMILES string of the molecule is CCC(CCO)NC/C=C(/C)C(=O)OC. The highest BCUT2D eigenvalue weighted by Gasteiger charge is 2.04. The molecule has 1 unspecified atom stereocenters. The monoisotopic (exact) mass is 215 g/mol. The van der Waals surface area contributed by atoms with E-state index in [4.69, 9.17) is 5.11 Å². The summed E-state index contributed by atoms with van der Waals surface area (Å²) in [6, 6.07) is 0.302. The Balaban J connectivity index is 3.88. The van der Waals surface area contributed by atoms with Crippen molar-refractivity contribution in [1.82, 2.24) is 5.32 Å². The summed E-state index contributed by atoms with van der Waals surface area (Å²) in [5, 5.41) is 12.0. The van der Waals surface area contributed by atoms with Crippen LogP contribution in [0.25, 0.3) is 0 Å². The molecule has 0 fully saturated rings. The minimum Gasteiger partial charge on any atom is -0.466 e. The molecule has 0 saturated heterocycles. The van der Waals surface area contributed by atoms with E-state index < -0.39 is 0 Å². The highest BCUT2D eigenvalue weighted by Crippen LogP contribution is 1.98. The van der Waals surface area contributed by atoms with Crippen molar-refractivity contribution in [3.05, 3.63) is 11.6 Å². The summed E-state index contributed by atoms with van der Waals surface area (Å²) in [7, 11) is 1.37. The molecular formula is C11H21NO3. The smallest absolute Gasteiger partial charge is 0.333 e. The van der Waals surface area contributed by atoms with E-state index >= 15 is 0 Å². The van der Waals surface area contributed by atoms with Gasteiger partial charge >= 0.3 is 5.97 Å². The average molecular weight is 215 g/mol. The zero-order chi connectivity index (χ0) is 11.7. The first kappa shape index (κ1) is 14.1. The summed E-state index contributed by atoms with van der Waals surface area (Å²) < 4.78 is 4.57. The van der Waals surface area contributed by atoms with Crippen LogP contribution in [-0.2, 0) is 9.53 Å². The highest BCUT2D eigenvalue weighted by atomic mass is 16.5. The molecule has 0 radical (unpaired) electrons. The molecule has 2 N–H and O–H groups in total. The number of nitrogens with one attached hydrogen (secondary N) is 1. The van der Waals surface area contributed by atoms with Crippen molar-refractivity contribution >= 4 is 5.97 Å². The summed E-state index contributed by atoms with van der Waals surface area (Å²) in [6.07, 6.45) is 3.50. The van der Waals surface area contributed by atoms with Gasteiger partial charge < -0.3 is 15.2 Å². The maximum Gasteiger partial charge on any atom is 0.333 e. The first-order valence-corrected chi connectivity index (χ1v) is 5.25. The lowest BCUT2D eigenvalue weighted by atomic mass is 10.1. The predicted octanol–water partition coefficient (Wildman–Crippen LogP) is 0.856. The zero-order valence-electron chi connectivity index (χ0n) is 9.75. The van der Waals surface area contributed by atoms with E-state index in [1.165, 1.54) is 7.11 Å². The van der Waals surface area contributed by atoms with Crippen LogP contribution in [0.1, 0.15) is 26.7 Å². The second kappa shape index (κ2) is 8.44. The molecule has 1 atom stereocenters. The third kappa shape index (κ3) is 6.25. The number of carbonyl (C=O) groups excluding carboxylic acids is 1. The molecule has 0 aromatic carbocycles. The number of aliphatic hydroxyl groups is 1. The van der Waals surface area contributed by atoms with Crippen molar-refractivity contribution in [2.24, 2.45) is 0 Å². The van der Waals surface area contributed by atoms with Crippen molar-refractivity contribution in [2.45, 2.75) is 32.7 Å². The number of carbonyl (C=O) groups is 1. The lowest BCUT2D eigenvalue weighted by molar-refractivity contribution is -0.136. The molecule has 0 aliphatic heterocycles. The number of ether oxygens (including phenoxy) is 1. The molecule has 0 aliphatic rings. The lowest BCUT2D eigenvalue weighted by Crippen LogP contribution is -2.29. The standard InChI is InChI=1S/C11H21NO3/c1-4-10(6-8-13)12-7-5-9(2)11(14)15-3/h5,10,12-13H,4,6-8H2,1-3H3/b9-5-. The molecule has 0 rings (SSSR count). The van der Waals surface area contributed by atoms with Gasteiger partial charge in [-0.2, -0.15) is 0 Å². The van der Waals surface area contributed by atoms with Gasteiger partial charge in [0.2, 0.25) is 0 Å². The molecule has 0 saturated carbocycles. The Bertz CT molecular complexity index is 214. The number of esters is 1. The molecule has 0 aliphatic carbocycles. The number of aliphatic hydroxyl groups excluding tert-OH is 1. The van der Waals surface area contributed by atoms with Gasteiger partial charge in [-0.3, -0.25) is 0 Å². The fraction of sp³-hybridized carbons (Fsp3) is 0.727. The van der Waals surface area contributed by atoms with Gasteiger partial charge in [0.25, 0.3) is 0 Å². The van der Waals surface area contributed by atoms with E-state index in [1.54, 1.807) is 13.0 Å². The molecule has 0 bridgehead atoms. The van der Waals surface area contributed by atoms with Crippen LogP contribution in [-0.4, -0.2) is 37.4 Å². The number of hydrogen-bond acceptors (Lipinski definition) is 4. The van der Waals surface area contributed by atoms with Gasteiger partial charge in [-0.15, -0.1) is 0 Å².